The second-order valence-corrected chi connectivity index (χ2v) is 6.09. The van der Waals surface area contributed by atoms with Crippen LogP contribution in [0.15, 0.2) is 0 Å². The molecule has 116 valence electrons. The Morgan fingerprint density at radius 2 is 1.80 bits per heavy atom. The van der Waals surface area contributed by atoms with Gasteiger partial charge >= 0.3 is 0 Å². The van der Waals surface area contributed by atoms with E-state index in [2.05, 4.69) is 0 Å². The number of ether oxygens (including phenoxy) is 1. The van der Waals surface area contributed by atoms with Crippen molar-refractivity contribution >= 4 is 17.5 Å². The predicted molar refractivity (Wildman–Crippen MR) is 73.2 cm³/mol. The van der Waals surface area contributed by atoms with Gasteiger partial charge in [0.1, 0.15) is 0 Å². The van der Waals surface area contributed by atoms with E-state index < -0.39 is 5.92 Å². The largest absolute Gasteiger partial charge is 0.377 e. The van der Waals surface area contributed by atoms with Crippen molar-refractivity contribution in [1.29, 1.82) is 0 Å². The quantitative estimate of drug-likeness (QED) is 0.747. The fourth-order valence-corrected chi connectivity index (χ4v) is 3.09. The minimum atomic E-state index is -2.57. The highest BCUT2D eigenvalue weighted by Gasteiger charge is 2.39. The zero-order valence-electron chi connectivity index (χ0n) is 11.6. The fraction of sp³-hybridized carbons (Fsp3) is 0.929. The number of carbonyl (C=O) groups excluding carboxylic acids is 1. The molecular weight excluding hydrogens is 288 g/mol. The summed E-state index contributed by atoms with van der Waals surface area (Å²) in [7, 11) is 0. The van der Waals surface area contributed by atoms with Gasteiger partial charge in [0.2, 0.25) is 11.8 Å². The number of carbonyl (C=O) groups is 1. The van der Waals surface area contributed by atoms with Crippen molar-refractivity contribution in [2.24, 2.45) is 5.92 Å². The van der Waals surface area contributed by atoms with E-state index in [0.29, 0.717) is 38.4 Å². The summed E-state index contributed by atoms with van der Waals surface area (Å²) in [6.07, 6.45) is 2.12. The van der Waals surface area contributed by atoms with Gasteiger partial charge in [-0.2, -0.15) is 0 Å². The first-order valence-electron chi connectivity index (χ1n) is 7.36. The van der Waals surface area contributed by atoms with Gasteiger partial charge in [0, 0.05) is 37.7 Å². The zero-order valence-corrected chi connectivity index (χ0v) is 12.4. The summed E-state index contributed by atoms with van der Waals surface area (Å²) in [5.41, 5.74) is 0. The number of amides is 1. The van der Waals surface area contributed by atoms with Crippen LogP contribution < -0.4 is 0 Å². The summed E-state index contributed by atoms with van der Waals surface area (Å²) in [5.74, 6) is -2.25. The van der Waals surface area contributed by atoms with Gasteiger partial charge in [-0.3, -0.25) is 4.79 Å². The third-order valence-electron chi connectivity index (χ3n) is 4.25. The Balaban J connectivity index is 1.75. The number of likely N-dealkylation sites (tertiary alicyclic amines) is 1. The van der Waals surface area contributed by atoms with E-state index in [0.717, 1.165) is 12.8 Å². The van der Waals surface area contributed by atoms with Gasteiger partial charge < -0.3 is 9.64 Å². The first kappa shape index (κ1) is 16.0. The minimum Gasteiger partial charge on any atom is -0.377 e. The van der Waals surface area contributed by atoms with E-state index in [1.165, 1.54) is 0 Å². The van der Waals surface area contributed by atoms with Gasteiger partial charge in [0.25, 0.3) is 0 Å². The fourth-order valence-electron chi connectivity index (χ4n) is 3.00. The number of hydrogen-bond donors (Lipinski definition) is 0. The normalized spacial score (nSPS) is 24.9. The smallest absolute Gasteiger partial charge is 0.248 e. The van der Waals surface area contributed by atoms with Crippen LogP contribution in [0.1, 0.15) is 38.5 Å². The van der Waals surface area contributed by atoms with Crippen molar-refractivity contribution in [3.8, 4) is 0 Å². The Labute approximate surface area is 123 Å². The van der Waals surface area contributed by atoms with Crippen LogP contribution >= 0.6 is 11.6 Å². The molecular formula is C14H22ClF2NO2. The molecule has 1 saturated carbocycles. The van der Waals surface area contributed by atoms with Crippen LogP contribution in [-0.2, 0) is 9.53 Å². The Hall–Kier alpha value is -0.420. The SMILES string of the molecule is O=C(C1CCC(F)(F)CC1)N1CCC(OCCCl)CC1. The molecule has 1 saturated heterocycles. The highest BCUT2D eigenvalue weighted by atomic mass is 35.5. The van der Waals surface area contributed by atoms with Gasteiger partial charge in [-0.25, -0.2) is 8.78 Å². The summed E-state index contributed by atoms with van der Waals surface area (Å²) in [6, 6.07) is 0. The lowest BCUT2D eigenvalue weighted by molar-refractivity contribution is -0.142. The average Bonchev–Trinajstić information content (AvgIpc) is 2.45. The van der Waals surface area contributed by atoms with Crippen LogP contribution in [0.4, 0.5) is 8.78 Å². The molecule has 0 radical (unpaired) electrons. The Morgan fingerprint density at radius 1 is 1.20 bits per heavy atom. The Bertz CT molecular complexity index is 323. The van der Waals surface area contributed by atoms with Crippen LogP contribution in [-0.4, -0.2) is 48.4 Å². The molecule has 0 N–H and O–H groups in total. The van der Waals surface area contributed by atoms with E-state index >= 15 is 0 Å². The highest BCUT2D eigenvalue weighted by Crippen LogP contribution is 2.37. The molecule has 0 aromatic rings. The summed E-state index contributed by atoms with van der Waals surface area (Å²) in [4.78, 5) is 14.1. The molecule has 1 heterocycles. The molecule has 0 unspecified atom stereocenters. The number of rotatable bonds is 4. The number of halogens is 3. The van der Waals surface area contributed by atoms with Crippen molar-refractivity contribution < 1.29 is 18.3 Å². The molecule has 2 aliphatic rings. The number of hydrogen-bond acceptors (Lipinski definition) is 2. The molecule has 3 nitrogen and oxygen atoms in total. The van der Waals surface area contributed by atoms with Gasteiger partial charge in [-0.15, -0.1) is 11.6 Å². The molecule has 20 heavy (non-hydrogen) atoms. The monoisotopic (exact) mass is 309 g/mol. The average molecular weight is 310 g/mol. The van der Waals surface area contributed by atoms with E-state index in [1.54, 1.807) is 0 Å². The molecule has 2 rings (SSSR count). The standard InChI is InChI=1S/C14H22ClF2NO2/c15-7-10-20-12-3-8-18(9-4-12)13(19)11-1-5-14(16,17)6-2-11/h11-12H,1-10H2. The van der Waals surface area contributed by atoms with Crippen LogP contribution in [0.25, 0.3) is 0 Å². The molecule has 1 aliphatic heterocycles. The molecule has 6 heteroatoms. The highest BCUT2D eigenvalue weighted by molar-refractivity contribution is 6.17. The maximum absolute atomic E-state index is 13.1. The third-order valence-corrected chi connectivity index (χ3v) is 4.41. The van der Waals surface area contributed by atoms with Crippen LogP contribution in [0, 0.1) is 5.92 Å². The van der Waals surface area contributed by atoms with Crippen molar-refractivity contribution in [3.05, 3.63) is 0 Å². The summed E-state index contributed by atoms with van der Waals surface area (Å²) >= 11 is 5.57. The zero-order chi connectivity index (χ0) is 14.6. The number of alkyl halides is 3. The topological polar surface area (TPSA) is 29.5 Å². The lowest BCUT2D eigenvalue weighted by atomic mass is 9.85. The summed E-state index contributed by atoms with van der Waals surface area (Å²) in [5, 5.41) is 0. The third kappa shape index (κ3) is 4.29. The van der Waals surface area contributed by atoms with E-state index in [9.17, 15) is 13.6 Å². The summed E-state index contributed by atoms with van der Waals surface area (Å²) in [6.45, 7) is 1.87. The Kier molecular flexibility index (Phi) is 5.61. The van der Waals surface area contributed by atoms with Crippen LogP contribution in [0.5, 0.6) is 0 Å². The van der Waals surface area contributed by atoms with Crippen molar-refractivity contribution in [3.63, 3.8) is 0 Å². The molecule has 0 aromatic carbocycles. The van der Waals surface area contributed by atoms with Gasteiger partial charge in [0.15, 0.2) is 0 Å². The van der Waals surface area contributed by atoms with Crippen LogP contribution in [0.2, 0.25) is 0 Å². The lowest BCUT2D eigenvalue weighted by Gasteiger charge is -2.36. The maximum atomic E-state index is 13.1. The Morgan fingerprint density at radius 3 is 2.35 bits per heavy atom. The van der Waals surface area contributed by atoms with Gasteiger partial charge in [-0.05, 0) is 25.7 Å². The summed E-state index contributed by atoms with van der Waals surface area (Å²) < 4.78 is 31.8. The van der Waals surface area contributed by atoms with Crippen molar-refractivity contribution in [2.45, 2.75) is 50.6 Å². The van der Waals surface area contributed by atoms with E-state index in [1.807, 2.05) is 4.90 Å². The molecule has 1 aliphatic carbocycles. The molecule has 0 aromatic heterocycles. The maximum Gasteiger partial charge on any atom is 0.248 e. The van der Waals surface area contributed by atoms with E-state index in [-0.39, 0.29) is 30.8 Å². The predicted octanol–water partition coefficient (Wildman–Crippen LogP) is 3.06. The second-order valence-electron chi connectivity index (χ2n) is 5.71. The van der Waals surface area contributed by atoms with Crippen molar-refractivity contribution in [2.75, 3.05) is 25.6 Å². The second kappa shape index (κ2) is 7.03. The molecule has 1 amide bonds. The van der Waals surface area contributed by atoms with Gasteiger partial charge in [0.05, 0.1) is 12.7 Å². The first-order chi connectivity index (χ1) is 9.52. The molecule has 0 spiro atoms. The van der Waals surface area contributed by atoms with Crippen LogP contribution in [0.3, 0.4) is 0 Å². The number of nitrogens with zero attached hydrogens (tertiary/aromatic N) is 1. The van der Waals surface area contributed by atoms with Gasteiger partial charge in [-0.1, -0.05) is 0 Å². The molecule has 0 bridgehead atoms. The molecule has 0 atom stereocenters. The molecule has 2 fully saturated rings. The van der Waals surface area contributed by atoms with E-state index in [4.69, 9.17) is 16.3 Å². The lowest BCUT2D eigenvalue weighted by Crippen LogP contribution is -2.45. The van der Waals surface area contributed by atoms with Crippen molar-refractivity contribution in [1.82, 2.24) is 4.90 Å². The number of piperidine rings is 1. The minimum absolute atomic E-state index is 0.0521. The first-order valence-corrected chi connectivity index (χ1v) is 7.89.